The van der Waals surface area contributed by atoms with Crippen LogP contribution in [0.25, 0.3) is 0 Å². The van der Waals surface area contributed by atoms with Gasteiger partial charge in [0.15, 0.2) is 5.78 Å². The minimum Gasteiger partial charge on any atom is -0.360 e. The summed E-state index contributed by atoms with van der Waals surface area (Å²) >= 11 is 0. The minimum atomic E-state index is -0.518. The average molecular weight is 318 g/mol. The highest BCUT2D eigenvalue weighted by atomic mass is 19.1. The molecule has 1 aliphatic carbocycles. The number of carbonyl (C=O) groups is 2. The van der Waals surface area contributed by atoms with Crippen molar-refractivity contribution in [1.82, 2.24) is 4.90 Å². The number of carbonyl (C=O) groups excluding carboxylic acids is 2. The van der Waals surface area contributed by atoms with Gasteiger partial charge in [0.25, 0.3) is 0 Å². The molecule has 1 aromatic rings. The van der Waals surface area contributed by atoms with Gasteiger partial charge in [-0.25, -0.2) is 4.39 Å². The Balaban J connectivity index is 1.71. The molecule has 0 bridgehead atoms. The van der Waals surface area contributed by atoms with E-state index < -0.39 is 5.82 Å². The number of ketones is 1. The second-order valence-corrected chi connectivity index (χ2v) is 6.60. The summed E-state index contributed by atoms with van der Waals surface area (Å²) in [6.07, 6.45) is 4.96. The first-order chi connectivity index (χ1) is 11.1. The first-order valence-corrected chi connectivity index (χ1v) is 8.38. The van der Waals surface area contributed by atoms with Gasteiger partial charge in [0.2, 0.25) is 5.91 Å². The van der Waals surface area contributed by atoms with Crippen LogP contribution in [0, 0.1) is 11.7 Å². The first-order valence-electron chi connectivity index (χ1n) is 8.38. The van der Waals surface area contributed by atoms with Crippen LogP contribution in [-0.2, 0) is 4.79 Å². The van der Waals surface area contributed by atoms with Crippen molar-refractivity contribution in [1.29, 1.82) is 0 Å². The van der Waals surface area contributed by atoms with E-state index in [1.54, 1.807) is 12.1 Å². The lowest BCUT2D eigenvalue weighted by Gasteiger charge is -2.37. The highest BCUT2D eigenvalue weighted by Crippen LogP contribution is 2.28. The lowest BCUT2D eigenvalue weighted by Crippen LogP contribution is -2.51. The standard InChI is InChI=1S/C18H23FN2O2/c1-13(22)18-15(19)7-4-8-16(18)20-9-10-21(17(23)12-20)11-14-5-2-3-6-14/h4,7-8,14H,2-3,5-6,9-12H2,1H3. The molecule has 23 heavy (non-hydrogen) atoms. The number of rotatable bonds is 4. The highest BCUT2D eigenvalue weighted by Gasteiger charge is 2.29. The Morgan fingerprint density at radius 2 is 2.00 bits per heavy atom. The molecule has 3 rings (SSSR count). The Morgan fingerprint density at radius 3 is 2.65 bits per heavy atom. The third-order valence-corrected chi connectivity index (χ3v) is 4.96. The van der Waals surface area contributed by atoms with E-state index in [0.717, 1.165) is 6.54 Å². The Morgan fingerprint density at radius 1 is 1.26 bits per heavy atom. The SMILES string of the molecule is CC(=O)c1c(F)cccc1N1CCN(CC2CCCC2)C(=O)C1. The van der Waals surface area contributed by atoms with Gasteiger partial charge in [0, 0.05) is 19.6 Å². The van der Waals surface area contributed by atoms with Crippen molar-refractivity contribution < 1.29 is 14.0 Å². The van der Waals surface area contributed by atoms with Gasteiger partial charge >= 0.3 is 0 Å². The summed E-state index contributed by atoms with van der Waals surface area (Å²) < 4.78 is 14.0. The zero-order valence-corrected chi connectivity index (χ0v) is 13.6. The lowest BCUT2D eigenvalue weighted by atomic mass is 10.1. The van der Waals surface area contributed by atoms with Crippen LogP contribution in [0.3, 0.4) is 0 Å². The molecule has 5 heteroatoms. The summed E-state index contributed by atoms with van der Waals surface area (Å²) in [7, 11) is 0. The van der Waals surface area contributed by atoms with Crippen LogP contribution in [0.1, 0.15) is 43.0 Å². The quantitative estimate of drug-likeness (QED) is 0.802. The molecule has 0 N–H and O–H groups in total. The Bertz CT molecular complexity index is 611. The summed E-state index contributed by atoms with van der Waals surface area (Å²) in [5.74, 6) is -0.121. The second-order valence-electron chi connectivity index (χ2n) is 6.60. The molecule has 0 radical (unpaired) electrons. The number of nitrogens with zero attached hydrogens (tertiary/aromatic N) is 2. The maximum absolute atomic E-state index is 14.0. The molecule has 0 spiro atoms. The summed E-state index contributed by atoms with van der Waals surface area (Å²) in [5, 5.41) is 0. The lowest BCUT2D eigenvalue weighted by molar-refractivity contribution is -0.131. The fourth-order valence-corrected chi connectivity index (χ4v) is 3.74. The molecule has 1 aliphatic heterocycles. The van der Waals surface area contributed by atoms with E-state index in [9.17, 15) is 14.0 Å². The third-order valence-electron chi connectivity index (χ3n) is 4.96. The molecule has 2 fully saturated rings. The van der Waals surface area contributed by atoms with E-state index in [1.807, 2.05) is 9.80 Å². The van der Waals surface area contributed by atoms with Crippen LogP contribution < -0.4 is 4.90 Å². The Labute approximate surface area is 136 Å². The fourth-order valence-electron chi connectivity index (χ4n) is 3.74. The summed E-state index contributed by atoms with van der Waals surface area (Å²) in [6, 6.07) is 4.60. The number of amides is 1. The molecule has 1 amide bonds. The van der Waals surface area contributed by atoms with Crippen LogP contribution in [0.15, 0.2) is 18.2 Å². The van der Waals surface area contributed by atoms with Crippen molar-refractivity contribution in [2.45, 2.75) is 32.6 Å². The van der Waals surface area contributed by atoms with E-state index in [-0.39, 0.29) is 23.8 Å². The highest BCUT2D eigenvalue weighted by molar-refractivity contribution is 6.00. The maximum Gasteiger partial charge on any atom is 0.242 e. The number of Topliss-reactive ketones (excluding diaryl/α,β-unsaturated/α-hetero) is 1. The maximum atomic E-state index is 14.0. The van der Waals surface area contributed by atoms with Crippen LogP contribution in [-0.4, -0.2) is 42.8 Å². The normalized spacial score (nSPS) is 19.5. The van der Waals surface area contributed by atoms with Gasteiger partial charge in [-0.05, 0) is 37.8 Å². The number of piperazine rings is 1. The van der Waals surface area contributed by atoms with E-state index in [2.05, 4.69) is 0 Å². The Kier molecular flexibility index (Phi) is 4.64. The average Bonchev–Trinajstić information content (AvgIpc) is 3.01. The van der Waals surface area contributed by atoms with Crippen molar-refractivity contribution in [2.24, 2.45) is 5.92 Å². The van der Waals surface area contributed by atoms with Gasteiger partial charge in [0.05, 0.1) is 17.8 Å². The van der Waals surface area contributed by atoms with Crippen molar-refractivity contribution in [3.8, 4) is 0 Å². The number of anilines is 1. The van der Waals surface area contributed by atoms with E-state index in [1.165, 1.54) is 38.7 Å². The minimum absolute atomic E-state index is 0.0712. The van der Waals surface area contributed by atoms with Gasteiger partial charge in [-0.1, -0.05) is 18.9 Å². The van der Waals surface area contributed by atoms with Crippen LogP contribution >= 0.6 is 0 Å². The number of hydrogen-bond donors (Lipinski definition) is 0. The largest absolute Gasteiger partial charge is 0.360 e. The first kappa shape index (κ1) is 16.0. The van der Waals surface area contributed by atoms with E-state index >= 15 is 0 Å². The predicted molar refractivity (Wildman–Crippen MR) is 87.2 cm³/mol. The van der Waals surface area contributed by atoms with Gasteiger partial charge in [-0.2, -0.15) is 0 Å². The molecule has 0 aromatic heterocycles. The molecule has 1 aromatic carbocycles. The summed E-state index contributed by atoms with van der Waals surface area (Å²) in [5.41, 5.74) is 0.621. The van der Waals surface area contributed by atoms with Gasteiger partial charge < -0.3 is 9.80 Å². The van der Waals surface area contributed by atoms with Crippen LogP contribution in [0.5, 0.6) is 0 Å². The van der Waals surface area contributed by atoms with Crippen molar-refractivity contribution in [2.75, 3.05) is 31.1 Å². The van der Waals surface area contributed by atoms with Crippen molar-refractivity contribution in [3.63, 3.8) is 0 Å². The summed E-state index contributed by atoms with van der Waals surface area (Å²) in [6.45, 7) is 3.71. The number of benzene rings is 1. The van der Waals surface area contributed by atoms with E-state index in [4.69, 9.17) is 0 Å². The van der Waals surface area contributed by atoms with Crippen LogP contribution in [0.4, 0.5) is 10.1 Å². The monoisotopic (exact) mass is 318 g/mol. The number of hydrogen-bond acceptors (Lipinski definition) is 3. The predicted octanol–water partition coefficient (Wildman–Crippen LogP) is 2.87. The van der Waals surface area contributed by atoms with E-state index in [0.29, 0.717) is 24.7 Å². The molecule has 1 saturated heterocycles. The molecule has 124 valence electrons. The molecule has 2 aliphatic rings. The van der Waals surface area contributed by atoms with Gasteiger partial charge in [-0.15, -0.1) is 0 Å². The molecular weight excluding hydrogens is 295 g/mol. The zero-order valence-electron chi connectivity index (χ0n) is 13.6. The van der Waals surface area contributed by atoms with Crippen LogP contribution in [0.2, 0.25) is 0 Å². The second kappa shape index (κ2) is 6.69. The molecule has 1 heterocycles. The molecule has 0 unspecified atom stereocenters. The number of halogens is 1. The molecule has 0 atom stereocenters. The third kappa shape index (κ3) is 3.38. The molecule has 1 saturated carbocycles. The van der Waals surface area contributed by atoms with Crippen molar-refractivity contribution in [3.05, 3.63) is 29.6 Å². The smallest absolute Gasteiger partial charge is 0.242 e. The zero-order chi connectivity index (χ0) is 16.4. The van der Waals surface area contributed by atoms with Gasteiger partial charge in [-0.3, -0.25) is 9.59 Å². The summed E-state index contributed by atoms with van der Waals surface area (Å²) in [4.78, 5) is 27.9. The Hall–Kier alpha value is -1.91. The van der Waals surface area contributed by atoms with Crippen molar-refractivity contribution >= 4 is 17.4 Å². The topological polar surface area (TPSA) is 40.6 Å². The van der Waals surface area contributed by atoms with Gasteiger partial charge in [0.1, 0.15) is 5.82 Å². The molecule has 4 nitrogen and oxygen atoms in total. The molecular formula is C18H23FN2O2. The fraction of sp³-hybridized carbons (Fsp3) is 0.556.